The van der Waals surface area contributed by atoms with Crippen molar-refractivity contribution in [1.82, 2.24) is 0 Å². The van der Waals surface area contributed by atoms with Gasteiger partial charge in [-0.1, -0.05) is 62.4 Å². The number of hydrogen-bond donors (Lipinski definition) is 0. The molecule has 0 aliphatic heterocycles. The first-order chi connectivity index (χ1) is 17.1. The topological polar surface area (TPSA) is 21.4 Å². The Morgan fingerprint density at radius 1 is 1.00 bits per heavy atom. The Kier molecular flexibility index (Phi) is 4.87. The van der Waals surface area contributed by atoms with E-state index in [4.69, 9.17) is 13.7 Å². The maximum Gasteiger partial charge on any atom is 0.229 e. The number of furan rings is 1. The largest absolute Gasteiger partial charge is 0.466 e. The number of nitrogens with zero attached hydrogens (tertiary/aromatic N) is 2. The van der Waals surface area contributed by atoms with Crippen molar-refractivity contribution in [2.24, 2.45) is 13.0 Å². The van der Waals surface area contributed by atoms with Crippen molar-refractivity contribution in [1.29, 1.82) is 0 Å². The second-order valence-corrected chi connectivity index (χ2v) is 9.18. The number of para-hydroxylation sites is 1. The van der Waals surface area contributed by atoms with E-state index in [1.54, 1.807) is 6.07 Å². The van der Waals surface area contributed by atoms with Crippen molar-refractivity contribution in [3.63, 3.8) is 0 Å². The minimum Gasteiger partial charge on any atom is -0.466 e. The van der Waals surface area contributed by atoms with Gasteiger partial charge in [-0.2, -0.15) is 4.57 Å². The highest BCUT2D eigenvalue weighted by molar-refractivity contribution is 6.18. The van der Waals surface area contributed by atoms with Crippen LogP contribution >= 0.6 is 0 Å². The van der Waals surface area contributed by atoms with Crippen LogP contribution in [0.3, 0.4) is 0 Å². The summed E-state index contributed by atoms with van der Waals surface area (Å²) in [6.45, 7) is 15.6. The second-order valence-electron chi connectivity index (χ2n) is 9.18. The first kappa shape index (κ1) is 19.6. The van der Waals surface area contributed by atoms with Gasteiger partial charge in [0.2, 0.25) is 11.4 Å². The van der Waals surface area contributed by atoms with Gasteiger partial charge in [0.1, 0.15) is 18.2 Å². The van der Waals surface area contributed by atoms with Gasteiger partial charge < -0.3 is 4.42 Å². The van der Waals surface area contributed by atoms with Crippen LogP contribution in [0.2, 0.25) is 0 Å². The molecule has 5 aromatic rings. The molecule has 3 aromatic carbocycles. The first-order valence-corrected chi connectivity index (χ1v) is 11.6. The molecule has 0 radical (unpaired) electrons. The maximum atomic E-state index is 8.75. The standard InChI is InChI=1S/C31H29N2O/c1-19(2)15-22-17-21(4)33(6)27(18-22)28-20(3)16-25(23-11-8-7-9-12-23)29-24-13-10-14-26(32-5)30(24)34-31(28)29/h7-14,16-19H,15H2,1-4,6H3/q+1/i15D2. The molecule has 168 valence electrons. The van der Waals surface area contributed by atoms with Gasteiger partial charge in [0, 0.05) is 32.6 Å². The normalized spacial score (nSPS) is 12.7. The van der Waals surface area contributed by atoms with Crippen molar-refractivity contribution in [2.75, 3.05) is 0 Å². The quantitative estimate of drug-likeness (QED) is 0.201. The van der Waals surface area contributed by atoms with Crippen LogP contribution < -0.4 is 4.57 Å². The maximum absolute atomic E-state index is 8.75. The Bertz CT molecular complexity index is 1680. The van der Waals surface area contributed by atoms with E-state index < -0.39 is 6.37 Å². The minimum atomic E-state index is -1.48. The van der Waals surface area contributed by atoms with Gasteiger partial charge in [-0.25, -0.2) is 4.85 Å². The molecule has 0 amide bonds. The molecule has 0 bridgehead atoms. The molecule has 34 heavy (non-hydrogen) atoms. The Hall–Kier alpha value is -3.90. The van der Waals surface area contributed by atoms with Crippen molar-refractivity contribution >= 4 is 27.6 Å². The minimum absolute atomic E-state index is 0.175. The molecule has 0 atom stereocenters. The molecule has 0 saturated carbocycles. The van der Waals surface area contributed by atoms with Gasteiger partial charge in [-0.05, 0) is 47.5 Å². The Labute approximate surface area is 203 Å². The molecular formula is C31H29N2O+. The molecule has 0 unspecified atom stereocenters. The summed E-state index contributed by atoms with van der Waals surface area (Å²) in [6, 6.07) is 22.0. The van der Waals surface area contributed by atoms with E-state index in [-0.39, 0.29) is 5.92 Å². The molecule has 5 rings (SSSR count). The smallest absolute Gasteiger partial charge is 0.229 e. The second kappa shape index (κ2) is 8.47. The lowest BCUT2D eigenvalue weighted by Gasteiger charge is -2.13. The number of pyridine rings is 1. The highest BCUT2D eigenvalue weighted by atomic mass is 16.3. The van der Waals surface area contributed by atoms with Crippen molar-refractivity contribution < 1.29 is 11.7 Å². The molecule has 0 saturated heterocycles. The van der Waals surface area contributed by atoms with Crippen molar-refractivity contribution in [2.45, 2.75) is 34.1 Å². The van der Waals surface area contributed by atoms with Crippen LogP contribution in [0.25, 0.3) is 49.2 Å². The molecule has 0 fully saturated rings. The van der Waals surface area contributed by atoms with E-state index in [2.05, 4.69) is 34.5 Å². The molecule has 2 heterocycles. The number of aryl methyl sites for hydroxylation is 2. The average Bonchev–Trinajstić information content (AvgIpc) is 3.25. The van der Waals surface area contributed by atoms with Crippen LogP contribution in [0.4, 0.5) is 5.69 Å². The van der Waals surface area contributed by atoms with E-state index in [1.807, 2.05) is 70.3 Å². The number of aromatic nitrogens is 1. The van der Waals surface area contributed by atoms with Crippen LogP contribution in [0.1, 0.15) is 33.4 Å². The van der Waals surface area contributed by atoms with Crippen LogP contribution in [-0.2, 0) is 13.4 Å². The third kappa shape index (κ3) is 3.56. The van der Waals surface area contributed by atoms with E-state index in [9.17, 15) is 0 Å². The number of rotatable bonds is 4. The predicted octanol–water partition coefficient (Wildman–Crippen LogP) is 8.11. The predicted molar refractivity (Wildman–Crippen MR) is 140 cm³/mol. The lowest BCUT2D eigenvalue weighted by molar-refractivity contribution is -0.666. The SMILES string of the molecule is [2H]C([2H])(c1cc(C)[n+](C)c(-c2c(C)cc(-c3ccccc3)c3c2oc2c([N+]#[C-])cccc23)c1)C(C)C. The van der Waals surface area contributed by atoms with Crippen LogP contribution in [0.15, 0.2) is 71.1 Å². The lowest BCUT2D eigenvalue weighted by atomic mass is 9.91. The number of hydrogen-bond acceptors (Lipinski definition) is 1. The number of fused-ring (bicyclic) bond motifs is 3. The summed E-state index contributed by atoms with van der Waals surface area (Å²) in [5.41, 5.74) is 8.38. The van der Waals surface area contributed by atoms with Crippen LogP contribution in [0.5, 0.6) is 0 Å². The van der Waals surface area contributed by atoms with Crippen LogP contribution in [-0.4, -0.2) is 0 Å². The Morgan fingerprint density at radius 3 is 2.47 bits per heavy atom. The molecule has 2 aromatic heterocycles. The summed E-state index contributed by atoms with van der Waals surface area (Å²) in [7, 11) is 2.00. The van der Waals surface area contributed by atoms with E-state index in [0.29, 0.717) is 16.8 Å². The van der Waals surface area contributed by atoms with Gasteiger partial charge in [0.15, 0.2) is 5.69 Å². The monoisotopic (exact) mass is 447 g/mol. The molecular weight excluding hydrogens is 416 g/mol. The molecule has 0 N–H and O–H groups in total. The van der Waals surface area contributed by atoms with Gasteiger partial charge in [0.05, 0.1) is 12.1 Å². The fourth-order valence-electron chi connectivity index (χ4n) is 4.79. The lowest BCUT2D eigenvalue weighted by Crippen LogP contribution is -2.35. The van der Waals surface area contributed by atoms with Gasteiger partial charge in [0.25, 0.3) is 0 Å². The van der Waals surface area contributed by atoms with Gasteiger partial charge in [-0.15, -0.1) is 0 Å². The number of benzene rings is 3. The third-order valence-corrected chi connectivity index (χ3v) is 6.41. The molecule has 3 heteroatoms. The molecule has 0 spiro atoms. The molecule has 0 aliphatic carbocycles. The summed E-state index contributed by atoms with van der Waals surface area (Å²) in [5, 5.41) is 1.88. The summed E-state index contributed by atoms with van der Waals surface area (Å²) in [4.78, 5) is 3.72. The molecule has 3 nitrogen and oxygen atoms in total. The fraction of sp³-hybridized carbons (Fsp3) is 0.226. The summed E-state index contributed by atoms with van der Waals surface area (Å²) < 4.78 is 26.1. The fourth-order valence-corrected chi connectivity index (χ4v) is 4.79. The van der Waals surface area contributed by atoms with Gasteiger partial charge >= 0.3 is 0 Å². The Balaban J connectivity index is 1.95. The van der Waals surface area contributed by atoms with Crippen LogP contribution in [0, 0.1) is 26.3 Å². The van der Waals surface area contributed by atoms with Crippen molar-refractivity contribution in [3.05, 3.63) is 95.0 Å². The summed E-state index contributed by atoms with van der Waals surface area (Å²) >= 11 is 0. The van der Waals surface area contributed by atoms with Crippen molar-refractivity contribution in [3.8, 4) is 22.4 Å². The van der Waals surface area contributed by atoms with E-state index >= 15 is 0 Å². The summed E-state index contributed by atoms with van der Waals surface area (Å²) in [6.07, 6.45) is -1.48. The highest BCUT2D eigenvalue weighted by Gasteiger charge is 2.26. The zero-order valence-corrected chi connectivity index (χ0v) is 20.2. The van der Waals surface area contributed by atoms with E-state index in [0.717, 1.165) is 50.0 Å². The zero-order valence-electron chi connectivity index (χ0n) is 22.2. The van der Waals surface area contributed by atoms with E-state index in [1.165, 1.54) is 0 Å². The summed E-state index contributed by atoms with van der Waals surface area (Å²) in [5.74, 6) is -0.175. The third-order valence-electron chi connectivity index (χ3n) is 6.41. The average molecular weight is 448 g/mol. The molecule has 0 aliphatic rings. The Morgan fingerprint density at radius 2 is 1.76 bits per heavy atom. The van der Waals surface area contributed by atoms with Gasteiger partial charge in [-0.3, -0.25) is 0 Å². The first-order valence-electron chi connectivity index (χ1n) is 12.6. The highest BCUT2D eigenvalue weighted by Crippen LogP contribution is 2.45. The zero-order chi connectivity index (χ0) is 25.8.